The van der Waals surface area contributed by atoms with Gasteiger partial charge in [-0.15, -0.1) is 11.6 Å². The van der Waals surface area contributed by atoms with Crippen molar-refractivity contribution in [3.63, 3.8) is 0 Å². The van der Waals surface area contributed by atoms with Crippen LogP contribution in [0.25, 0.3) is 0 Å². The molecule has 0 fully saturated rings. The maximum atomic E-state index is 13.3. The van der Waals surface area contributed by atoms with Crippen LogP contribution < -0.4 is 0 Å². The Hall–Kier alpha value is -0.380. The minimum Gasteiger partial charge on any atom is -0.206 e. The number of benzene rings is 1. The van der Waals surface area contributed by atoms with E-state index >= 15 is 0 Å². The van der Waals surface area contributed by atoms with Gasteiger partial charge >= 0.3 is 0 Å². The van der Waals surface area contributed by atoms with Crippen molar-refractivity contribution >= 4 is 38.9 Å². The highest BCUT2D eigenvalue weighted by molar-refractivity contribution is 9.10. The molecule has 2 aromatic rings. The Morgan fingerprint density at radius 3 is 2.88 bits per heavy atom. The molecule has 0 spiro atoms. The summed E-state index contributed by atoms with van der Waals surface area (Å²) in [5.41, 5.74) is 1.98. The van der Waals surface area contributed by atoms with Crippen LogP contribution >= 0.6 is 38.9 Å². The van der Waals surface area contributed by atoms with E-state index in [1.165, 1.54) is 11.6 Å². The average molecular weight is 320 g/mol. The maximum Gasteiger partial charge on any atom is 0.137 e. The van der Waals surface area contributed by atoms with Crippen LogP contribution in [0.3, 0.4) is 0 Å². The molecule has 16 heavy (non-hydrogen) atoms. The molecule has 0 aliphatic carbocycles. The zero-order valence-electron chi connectivity index (χ0n) is 8.29. The normalized spacial score (nSPS) is 12.7. The van der Waals surface area contributed by atoms with Crippen LogP contribution in [0, 0.1) is 5.82 Å². The van der Waals surface area contributed by atoms with E-state index in [4.69, 9.17) is 11.6 Å². The molecule has 1 heterocycles. The molecule has 0 aliphatic heterocycles. The molecule has 0 nitrogen and oxygen atoms in total. The first-order chi connectivity index (χ1) is 7.68. The fourth-order valence-electron chi connectivity index (χ4n) is 1.49. The van der Waals surface area contributed by atoms with E-state index in [2.05, 4.69) is 21.3 Å². The first kappa shape index (κ1) is 12.1. The molecule has 0 radical (unpaired) electrons. The van der Waals surface area contributed by atoms with Crippen molar-refractivity contribution in [1.29, 1.82) is 0 Å². The fourth-order valence-corrected chi connectivity index (χ4v) is 3.20. The minimum absolute atomic E-state index is 0.209. The Balaban J connectivity index is 2.21. The monoisotopic (exact) mass is 318 g/mol. The van der Waals surface area contributed by atoms with Gasteiger partial charge in [0.2, 0.25) is 0 Å². The van der Waals surface area contributed by atoms with E-state index in [1.54, 1.807) is 17.4 Å². The van der Waals surface area contributed by atoms with Gasteiger partial charge in [-0.2, -0.15) is 11.3 Å². The van der Waals surface area contributed by atoms with Gasteiger partial charge in [0.15, 0.2) is 0 Å². The molecule has 1 unspecified atom stereocenters. The Kier molecular flexibility index (Phi) is 4.00. The number of halogens is 3. The number of thiophene rings is 1. The predicted octanol–water partition coefficient (Wildman–Crippen LogP) is 5.17. The molecule has 0 saturated heterocycles. The summed E-state index contributed by atoms with van der Waals surface area (Å²) in [6.07, 6.45) is 0.715. The van der Waals surface area contributed by atoms with Crippen molar-refractivity contribution < 1.29 is 4.39 Å². The Morgan fingerprint density at radius 2 is 2.19 bits per heavy atom. The predicted molar refractivity (Wildman–Crippen MR) is 70.7 cm³/mol. The van der Waals surface area contributed by atoms with Crippen molar-refractivity contribution in [1.82, 2.24) is 0 Å². The number of rotatable bonds is 3. The molecule has 0 amide bonds. The molecule has 0 saturated carbocycles. The molecule has 1 aromatic heterocycles. The molecular formula is C12H9BrClFS. The van der Waals surface area contributed by atoms with E-state index < -0.39 is 0 Å². The first-order valence-electron chi connectivity index (χ1n) is 4.77. The van der Waals surface area contributed by atoms with Crippen LogP contribution in [-0.4, -0.2) is 0 Å². The van der Waals surface area contributed by atoms with Gasteiger partial charge < -0.3 is 0 Å². The van der Waals surface area contributed by atoms with Crippen molar-refractivity contribution in [2.45, 2.75) is 11.8 Å². The average Bonchev–Trinajstić information content (AvgIpc) is 2.74. The molecular weight excluding hydrogens is 311 g/mol. The third kappa shape index (κ3) is 2.65. The Morgan fingerprint density at radius 1 is 1.38 bits per heavy atom. The summed E-state index contributed by atoms with van der Waals surface area (Å²) in [6, 6.07) is 6.98. The highest BCUT2D eigenvalue weighted by atomic mass is 79.9. The maximum absolute atomic E-state index is 13.3. The molecule has 2 rings (SSSR count). The van der Waals surface area contributed by atoms with E-state index in [0.717, 1.165) is 5.56 Å². The summed E-state index contributed by atoms with van der Waals surface area (Å²) in [5.74, 6) is -0.270. The zero-order chi connectivity index (χ0) is 11.5. The van der Waals surface area contributed by atoms with E-state index in [9.17, 15) is 4.39 Å². The zero-order valence-corrected chi connectivity index (χ0v) is 11.4. The van der Waals surface area contributed by atoms with E-state index in [-0.39, 0.29) is 11.2 Å². The number of alkyl halides is 1. The van der Waals surface area contributed by atoms with Gasteiger partial charge in [-0.25, -0.2) is 4.39 Å². The highest BCUT2D eigenvalue weighted by Crippen LogP contribution is 2.32. The summed E-state index contributed by atoms with van der Waals surface area (Å²) in [7, 11) is 0. The standard InChI is InChI=1S/C12H9BrClFS/c13-12-9(2-1-3-11(12)15)10(14)6-8-4-5-16-7-8/h1-5,7,10H,6H2. The lowest BCUT2D eigenvalue weighted by Crippen LogP contribution is -1.97. The summed E-state index contributed by atoms with van der Waals surface area (Å²) >= 11 is 11.2. The molecule has 0 bridgehead atoms. The van der Waals surface area contributed by atoms with Crippen LogP contribution in [0.15, 0.2) is 39.5 Å². The molecule has 0 aliphatic rings. The second-order valence-electron chi connectivity index (χ2n) is 3.45. The van der Waals surface area contributed by atoms with Gasteiger partial charge in [0.1, 0.15) is 5.82 Å². The van der Waals surface area contributed by atoms with Gasteiger partial charge in [0.25, 0.3) is 0 Å². The first-order valence-corrected chi connectivity index (χ1v) is 6.95. The SMILES string of the molecule is Fc1cccc(C(Cl)Cc2ccsc2)c1Br. The summed E-state index contributed by atoms with van der Waals surface area (Å²) in [5, 5.41) is 3.86. The molecule has 84 valence electrons. The summed E-state index contributed by atoms with van der Waals surface area (Å²) < 4.78 is 13.8. The molecule has 1 aromatic carbocycles. The molecule has 4 heteroatoms. The van der Waals surface area contributed by atoms with Crippen LogP contribution in [0.1, 0.15) is 16.5 Å². The minimum atomic E-state index is -0.270. The third-order valence-corrected chi connectivity index (χ3v) is 4.27. The smallest absolute Gasteiger partial charge is 0.137 e. The molecule has 1 atom stereocenters. The van der Waals surface area contributed by atoms with Crippen molar-refractivity contribution in [3.05, 3.63) is 56.4 Å². The largest absolute Gasteiger partial charge is 0.206 e. The second kappa shape index (κ2) is 5.30. The lowest BCUT2D eigenvalue weighted by Gasteiger charge is -2.11. The molecule has 0 N–H and O–H groups in total. The lowest BCUT2D eigenvalue weighted by atomic mass is 10.1. The fraction of sp³-hybridized carbons (Fsp3) is 0.167. The number of hydrogen-bond donors (Lipinski definition) is 0. The van der Waals surface area contributed by atoms with Crippen molar-refractivity contribution in [3.8, 4) is 0 Å². The second-order valence-corrected chi connectivity index (χ2v) is 5.55. The van der Waals surface area contributed by atoms with Gasteiger partial charge in [-0.05, 0) is 56.4 Å². The van der Waals surface area contributed by atoms with Crippen molar-refractivity contribution in [2.24, 2.45) is 0 Å². The van der Waals surface area contributed by atoms with Gasteiger partial charge in [-0.3, -0.25) is 0 Å². The van der Waals surface area contributed by atoms with Crippen LogP contribution in [0.2, 0.25) is 0 Å². The van der Waals surface area contributed by atoms with Gasteiger partial charge in [-0.1, -0.05) is 12.1 Å². The Labute approximate surface area is 111 Å². The quantitative estimate of drug-likeness (QED) is 0.684. The lowest BCUT2D eigenvalue weighted by molar-refractivity contribution is 0.617. The van der Waals surface area contributed by atoms with Gasteiger partial charge in [0, 0.05) is 0 Å². The van der Waals surface area contributed by atoms with Crippen LogP contribution in [-0.2, 0) is 6.42 Å². The van der Waals surface area contributed by atoms with E-state index in [1.807, 2.05) is 17.5 Å². The van der Waals surface area contributed by atoms with E-state index in [0.29, 0.717) is 10.9 Å². The topological polar surface area (TPSA) is 0 Å². The highest BCUT2D eigenvalue weighted by Gasteiger charge is 2.14. The Bertz CT molecular complexity index is 470. The summed E-state index contributed by atoms with van der Waals surface area (Å²) in [6.45, 7) is 0. The van der Waals surface area contributed by atoms with Gasteiger partial charge in [0.05, 0.1) is 9.85 Å². The third-order valence-electron chi connectivity index (χ3n) is 2.31. The van der Waals surface area contributed by atoms with Crippen molar-refractivity contribution in [2.75, 3.05) is 0 Å². The van der Waals surface area contributed by atoms with Crippen LogP contribution in [0.4, 0.5) is 4.39 Å². The number of hydrogen-bond acceptors (Lipinski definition) is 1. The summed E-state index contributed by atoms with van der Waals surface area (Å²) in [4.78, 5) is 0. The van der Waals surface area contributed by atoms with Crippen LogP contribution in [0.5, 0.6) is 0 Å².